The van der Waals surface area contributed by atoms with Crippen molar-refractivity contribution >= 4 is 5.91 Å². The normalized spacial score (nSPS) is 16.8. The maximum atomic E-state index is 12.9. The van der Waals surface area contributed by atoms with Crippen molar-refractivity contribution in [3.63, 3.8) is 0 Å². The number of aromatic nitrogens is 2. The molecule has 2 heterocycles. The van der Waals surface area contributed by atoms with Gasteiger partial charge in [-0.2, -0.15) is 5.10 Å². The van der Waals surface area contributed by atoms with E-state index in [4.69, 9.17) is 4.42 Å². The topological polar surface area (TPSA) is 79.2 Å². The Morgan fingerprint density at radius 2 is 2.08 bits per heavy atom. The van der Waals surface area contributed by atoms with E-state index >= 15 is 0 Å². The van der Waals surface area contributed by atoms with Crippen LogP contribution in [0.3, 0.4) is 0 Å². The Hall–Kier alpha value is -2.37. The van der Waals surface area contributed by atoms with Crippen LogP contribution in [0.4, 0.5) is 0 Å². The molecule has 0 spiro atoms. The van der Waals surface area contributed by atoms with Gasteiger partial charge >= 0.3 is 5.63 Å². The molecule has 0 aliphatic heterocycles. The highest BCUT2D eigenvalue weighted by Crippen LogP contribution is 2.36. The average Bonchev–Trinajstić information content (AvgIpc) is 2.95. The summed E-state index contributed by atoms with van der Waals surface area (Å²) in [5.74, 6) is 0.752. The summed E-state index contributed by atoms with van der Waals surface area (Å²) in [4.78, 5) is 26.9. The lowest BCUT2D eigenvalue weighted by Gasteiger charge is -2.24. The minimum atomic E-state index is -0.521. The first-order valence-electron chi connectivity index (χ1n) is 9.49. The first-order chi connectivity index (χ1) is 12.5. The number of fused-ring (bicyclic) bond motifs is 1. The van der Waals surface area contributed by atoms with Gasteiger partial charge in [0.15, 0.2) is 0 Å². The lowest BCUT2D eigenvalue weighted by molar-refractivity contribution is 0.0777. The molecule has 0 saturated heterocycles. The summed E-state index contributed by atoms with van der Waals surface area (Å²) in [5.41, 5.74) is 3.65. The highest BCUT2D eigenvalue weighted by atomic mass is 16.4. The van der Waals surface area contributed by atoms with Crippen LogP contribution in [0, 0.1) is 6.92 Å². The molecule has 0 atom stereocenters. The van der Waals surface area contributed by atoms with E-state index in [0.29, 0.717) is 18.0 Å². The Balaban J connectivity index is 1.55. The number of hydrogen-bond donors (Lipinski definition) is 1. The molecule has 0 unspecified atom stereocenters. The molecule has 0 radical (unpaired) electrons. The molecule has 0 aromatic carbocycles. The van der Waals surface area contributed by atoms with Gasteiger partial charge in [0, 0.05) is 18.7 Å². The molecule has 1 N–H and O–H groups in total. The minimum absolute atomic E-state index is 0.139. The predicted molar refractivity (Wildman–Crippen MR) is 97.3 cm³/mol. The molecule has 4 rings (SSSR count). The van der Waals surface area contributed by atoms with Gasteiger partial charge in [-0.1, -0.05) is 6.42 Å². The van der Waals surface area contributed by atoms with Gasteiger partial charge in [-0.3, -0.25) is 9.89 Å². The van der Waals surface area contributed by atoms with Crippen molar-refractivity contribution in [1.82, 2.24) is 15.1 Å². The number of nitrogens with zero attached hydrogens (tertiary/aromatic N) is 2. The number of aryl methyl sites for hydroxylation is 2. The van der Waals surface area contributed by atoms with Crippen molar-refractivity contribution in [2.75, 3.05) is 7.05 Å². The number of amides is 1. The minimum Gasteiger partial charge on any atom is -0.427 e. The third-order valence-electron chi connectivity index (χ3n) is 5.76. The summed E-state index contributed by atoms with van der Waals surface area (Å²) in [7, 11) is 1.71. The Labute approximate surface area is 152 Å². The van der Waals surface area contributed by atoms with Crippen LogP contribution >= 0.6 is 0 Å². The van der Waals surface area contributed by atoms with Crippen LogP contribution in [0.5, 0.6) is 0 Å². The highest BCUT2D eigenvalue weighted by molar-refractivity contribution is 5.94. The Kier molecular flexibility index (Phi) is 4.42. The van der Waals surface area contributed by atoms with Crippen LogP contribution in [-0.2, 0) is 19.4 Å². The highest BCUT2D eigenvalue weighted by Gasteiger charge is 2.27. The number of nitrogens with one attached hydrogen (secondary N) is 1. The molecule has 0 bridgehead atoms. The zero-order valence-electron chi connectivity index (χ0n) is 15.4. The van der Waals surface area contributed by atoms with E-state index in [2.05, 4.69) is 10.2 Å². The zero-order valence-corrected chi connectivity index (χ0v) is 15.4. The molecule has 1 saturated carbocycles. The zero-order chi connectivity index (χ0) is 18.3. The molecule has 2 aliphatic carbocycles. The molecular weight excluding hydrogens is 330 g/mol. The fourth-order valence-corrected chi connectivity index (χ4v) is 3.95. The van der Waals surface area contributed by atoms with E-state index in [0.717, 1.165) is 43.6 Å². The van der Waals surface area contributed by atoms with Gasteiger partial charge in [0.2, 0.25) is 0 Å². The van der Waals surface area contributed by atoms with Gasteiger partial charge in [0.25, 0.3) is 5.91 Å². The molecular formula is C20H25N3O3. The maximum Gasteiger partial charge on any atom is 0.349 e. The molecule has 138 valence electrons. The van der Waals surface area contributed by atoms with Crippen molar-refractivity contribution in [3.8, 4) is 0 Å². The number of rotatable bonds is 4. The summed E-state index contributed by atoms with van der Waals surface area (Å²) >= 11 is 0. The first-order valence-corrected chi connectivity index (χ1v) is 9.49. The monoisotopic (exact) mass is 355 g/mol. The van der Waals surface area contributed by atoms with Crippen LogP contribution in [-0.4, -0.2) is 28.1 Å². The van der Waals surface area contributed by atoms with E-state index in [1.165, 1.54) is 24.1 Å². The second-order valence-electron chi connectivity index (χ2n) is 7.62. The predicted octanol–water partition coefficient (Wildman–Crippen LogP) is 3.09. The SMILES string of the molecule is Cc1cc(C2CCC2)oc(=O)c1C(=O)N(C)Cc1n[nH]c2c1CCCC2. The van der Waals surface area contributed by atoms with Crippen LogP contribution < -0.4 is 5.63 Å². The van der Waals surface area contributed by atoms with E-state index in [1.807, 2.05) is 13.0 Å². The molecule has 2 aromatic heterocycles. The second-order valence-corrected chi connectivity index (χ2v) is 7.62. The second kappa shape index (κ2) is 6.74. The third-order valence-corrected chi connectivity index (χ3v) is 5.76. The van der Waals surface area contributed by atoms with Crippen molar-refractivity contribution in [2.24, 2.45) is 0 Å². The van der Waals surface area contributed by atoms with Crippen molar-refractivity contribution < 1.29 is 9.21 Å². The summed E-state index contributed by atoms with van der Waals surface area (Å²) in [6, 6.07) is 1.86. The van der Waals surface area contributed by atoms with Crippen LogP contribution in [0.1, 0.15) is 76.7 Å². The van der Waals surface area contributed by atoms with Gasteiger partial charge in [0.05, 0.1) is 12.2 Å². The average molecular weight is 355 g/mol. The van der Waals surface area contributed by atoms with Gasteiger partial charge in [0.1, 0.15) is 11.3 Å². The molecule has 26 heavy (non-hydrogen) atoms. The van der Waals surface area contributed by atoms with E-state index in [9.17, 15) is 9.59 Å². The van der Waals surface area contributed by atoms with Gasteiger partial charge in [-0.15, -0.1) is 0 Å². The maximum absolute atomic E-state index is 12.9. The summed E-state index contributed by atoms with van der Waals surface area (Å²) in [6.45, 7) is 2.21. The van der Waals surface area contributed by atoms with Crippen molar-refractivity contribution in [2.45, 2.75) is 64.3 Å². The number of carbonyl (C=O) groups is 1. The third kappa shape index (κ3) is 2.97. The van der Waals surface area contributed by atoms with Crippen LogP contribution in [0.25, 0.3) is 0 Å². The Morgan fingerprint density at radius 3 is 2.77 bits per heavy atom. The van der Waals surface area contributed by atoms with Gasteiger partial charge < -0.3 is 9.32 Å². The van der Waals surface area contributed by atoms with Crippen molar-refractivity contribution in [3.05, 3.63) is 50.3 Å². The number of carbonyl (C=O) groups excluding carboxylic acids is 1. The smallest absolute Gasteiger partial charge is 0.349 e. The van der Waals surface area contributed by atoms with E-state index in [-0.39, 0.29) is 11.5 Å². The fourth-order valence-electron chi connectivity index (χ4n) is 3.95. The number of H-pyrrole nitrogens is 1. The van der Waals surface area contributed by atoms with Gasteiger partial charge in [-0.05, 0) is 62.6 Å². The largest absolute Gasteiger partial charge is 0.427 e. The first kappa shape index (κ1) is 17.1. The number of aromatic amines is 1. The van der Waals surface area contributed by atoms with Gasteiger partial charge in [-0.25, -0.2) is 4.79 Å². The Bertz CT molecular complexity index is 892. The summed E-state index contributed by atoms with van der Waals surface area (Å²) in [6.07, 6.45) is 7.63. The standard InChI is InChI=1S/C20H25N3O3/c1-12-10-17(13-6-5-7-13)26-20(25)18(12)19(24)23(2)11-16-14-8-3-4-9-15(14)21-22-16/h10,13H,3-9,11H2,1-2H3,(H,21,22). The molecule has 2 aliphatic rings. The summed E-state index contributed by atoms with van der Waals surface area (Å²) < 4.78 is 5.47. The molecule has 6 nitrogen and oxygen atoms in total. The van der Waals surface area contributed by atoms with Crippen LogP contribution in [0.2, 0.25) is 0 Å². The van der Waals surface area contributed by atoms with Crippen molar-refractivity contribution in [1.29, 1.82) is 0 Å². The molecule has 1 amide bonds. The van der Waals surface area contributed by atoms with E-state index < -0.39 is 5.63 Å². The fraction of sp³-hybridized carbons (Fsp3) is 0.550. The lowest BCUT2D eigenvalue weighted by Crippen LogP contribution is -2.32. The summed E-state index contributed by atoms with van der Waals surface area (Å²) in [5, 5.41) is 7.49. The lowest BCUT2D eigenvalue weighted by atomic mass is 9.83. The van der Waals surface area contributed by atoms with Crippen LogP contribution in [0.15, 0.2) is 15.3 Å². The molecule has 2 aromatic rings. The number of hydrogen-bond acceptors (Lipinski definition) is 4. The quantitative estimate of drug-likeness (QED) is 0.914. The molecule has 6 heteroatoms. The molecule has 1 fully saturated rings. The van der Waals surface area contributed by atoms with E-state index in [1.54, 1.807) is 11.9 Å². The Morgan fingerprint density at radius 1 is 1.31 bits per heavy atom.